The molecule has 34 heavy (non-hydrogen) atoms. The highest BCUT2D eigenvalue weighted by Gasteiger charge is 2.31. The third-order valence-corrected chi connectivity index (χ3v) is 6.64. The van der Waals surface area contributed by atoms with Crippen molar-refractivity contribution in [2.75, 3.05) is 7.11 Å². The molecular weight excluding hydrogens is 495 g/mol. The van der Waals surface area contributed by atoms with Gasteiger partial charge in [-0.25, -0.2) is 14.5 Å². The van der Waals surface area contributed by atoms with Crippen molar-refractivity contribution in [3.63, 3.8) is 0 Å². The van der Waals surface area contributed by atoms with Crippen LogP contribution in [0.3, 0.4) is 0 Å². The minimum absolute atomic E-state index is 0.0913. The molecule has 1 atom stereocenters. The molecule has 0 spiro atoms. The molecule has 1 aromatic carbocycles. The van der Waals surface area contributed by atoms with Gasteiger partial charge in [-0.2, -0.15) is 29.6 Å². The van der Waals surface area contributed by atoms with E-state index in [-0.39, 0.29) is 24.2 Å². The first-order chi connectivity index (χ1) is 16.1. The lowest BCUT2D eigenvalue weighted by Crippen LogP contribution is -2.28. The summed E-state index contributed by atoms with van der Waals surface area (Å²) in [6.45, 7) is 1.28. The highest BCUT2D eigenvalue weighted by molar-refractivity contribution is 7.18. The van der Waals surface area contributed by atoms with Gasteiger partial charge in [0.25, 0.3) is 5.56 Å². The monoisotopic (exact) mass is 511 g/mol. The van der Waals surface area contributed by atoms with Crippen molar-refractivity contribution < 1.29 is 32.2 Å². The van der Waals surface area contributed by atoms with Crippen LogP contribution in [-0.4, -0.2) is 39.9 Å². The molecule has 3 aromatic heterocycles. The first kappa shape index (κ1) is 23.8. The number of carbonyl (C=O) groups excluding carboxylic acids is 2. The van der Waals surface area contributed by atoms with Gasteiger partial charge in [-0.3, -0.25) is 9.59 Å². The van der Waals surface area contributed by atoms with Crippen LogP contribution < -0.4 is 5.56 Å². The Morgan fingerprint density at radius 2 is 1.94 bits per heavy atom. The molecule has 0 N–H and O–H groups in total. The molecule has 0 saturated carbocycles. The normalized spacial score (nSPS) is 12.7. The quantitative estimate of drug-likeness (QED) is 0.363. The Kier molecular flexibility index (Phi) is 6.41. The highest BCUT2D eigenvalue weighted by Crippen LogP contribution is 2.33. The molecule has 4 aromatic rings. The Morgan fingerprint density at radius 3 is 2.65 bits per heavy atom. The number of rotatable bonds is 6. The SMILES string of the molecule is COC(=O)[C@@H](C)OC(=O)Cc1nn(Cc2nc3cc(C(F)(F)F)ccc3s2)c(=O)c2cscc12. The number of hydrogen-bond acceptors (Lipinski definition) is 9. The summed E-state index contributed by atoms with van der Waals surface area (Å²) < 4.78 is 50.2. The Bertz CT molecular complexity index is 1460. The second-order valence-electron chi connectivity index (χ2n) is 7.23. The fourth-order valence-electron chi connectivity index (χ4n) is 3.24. The van der Waals surface area contributed by atoms with Crippen LogP contribution >= 0.6 is 22.7 Å². The fourth-order valence-corrected chi connectivity index (χ4v) is 5.01. The van der Waals surface area contributed by atoms with Gasteiger partial charge in [0.15, 0.2) is 6.10 Å². The molecule has 3 heterocycles. The minimum Gasteiger partial charge on any atom is -0.466 e. The molecule has 0 aliphatic carbocycles. The molecule has 0 saturated heterocycles. The fraction of sp³-hybridized carbons (Fsp3) is 0.286. The average molecular weight is 512 g/mol. The van der Waals surface area contributed by atoms with E-state index in [0.717, 1.165) is 28.2 Å². The van der Waals surface area contributed by atoms with E-state index in [1.807, 2.05) is 0 Å². The van der Waals surface area contributed by atoms with Gasteiger partial charge in [-0.05, 0) is 25.1 Å². The first-order valence-electron chi connectivity index (χ1n) is 9.76. The summed E-state index contributed by atoms with van der Waals surface area (Å²) in [7, 11) is 1.17. The number of fused-ring (bicyclic) bond motifs is 2. The van der Waals surface area contributed by atoms with Crippen molar-refractivity contribution in [1.82, 2.24) is 14.8 Å². The Hall–Kier alpha value is -3.32. The average Bonchev–Trinajstić information content (AvgIpc) is 3.42. The molecule has 0 aliphatic heterocycles. The van der Waals surface area contributed by atoms with Crippen LogP contribution in [0.5, 0.6) is 0 Å². The van der Waals surface area contributed by atoms with Gasteiger partial charge in [0.2, 0.25) is 0 Å². The number of alkyl halides is 3. The Balaban J connectivity index is 1.64. The van der Waals surface area contributed by atoms with Crippen molar-refractivity contribution >= 4 is 55.6 Å². The number of thiazole rings is 1. The lowest BCUT2D eigenvalue weighted by Gasteiger charge is -2.12. The molecule has 0 fully saturated rings. The third kappa shape index (κ3) is 4.80. The van der Waals surface area contributed by atoms with Crippen LogP contribution in [-0.2, 0) is 38.2 Å². The summed E-state index contributed by atoms with van der Waals surface area (Å²) in [5, 5.41) is 8.78. The van der Waals surface area contributed by atoms with Crippen molar-refractivity contribution in [3.8, 4) is 0 Å². The summed E-state index contributed by atoms with van der Waals surface area (Å²) in [5.41, 5.74) is -0.807. The lowest BCUT2D eigenvalue weighted by molar-refractivity contribution is -0.164. The number of benzene rings is 1. The lowest BCUT2D eigenvalue weighted by atomic mass is 10.2. The zero-order chi connectivity index (χ0) is 24.6. The van der Waals surface area contributed by atoms with Crippen LogP contribution in [0.2, 0.25) is 0 Å². The number of aromatic nitrogens is 3. The second-order valence-corrected chi connectivity index (χ2v) is 9.09. The summed E-state index contributed by atoms with van der Waals surface area (Å²) in [4.78, 5) is 41.0. The Labute approximate surface area is 197 Å². The standard InChI is InChI=1S/C21H16F3N3O5S2/c1-10(20(30)31-2)32-18(28)6-14-12-8-33-9-13(12)19(29)27(26-14)7-17-25-15-5-11(21(22,23)24)3-4-16(15)34-17/h3-5,8-10H,6-7H2,1-2H3/t10-/m1/s1. The summed E-state index contributed by atoms with van der Waals surface area (Å²) >= 11 is 2.40. The van der Waals surface area contributed by atoms with Crippen LogP contribution in [0, 0.1) is 0 Å². The maximum absolute atomic E-state index is 13.0. The van der Waals surface area contributed by atoms with E-state index >= 15 is 0 Å². The molecule has 0 amide bonds. The van der Waals surface area contributed by atoms with Gasteiger partial charge in [-0.15, -0.1) is 11.3 Å². The topological polar surface area (TPSA) is 100 Å². The van der Waals surface area contributed by atoms with E-state index in [1.54, 1.807) is 10.8 Å². The summed E-state index contributed by atoms with van der Waals surface area (Å²) in [5.74, 6) is -1.45. The number of hydrogen-bond donors (Lipinski definition) is 0. The maximum Gasteiger partial charge on any atom is 0.416 e. The van der Waals surface area contributed by atoms with E-state index in [0.29, 0.717) is 20.5 Å². The van der Waals surface area contributed by atoms with Crippen LogP contribution in [0.15, 0.2) is 33.8 Å². The molecule has 178 valence electrons. The molecule has 13 heteroatoms. The zero-order valence-electron chi connectivity index (χ0n) is 17.7. The van der Waals surface area contributed by atoms with Crippen LogP contribution in [0.25, 0.3) is 21.0 Å². The van der Waals surface area contributed by atoms with Crippen LogP contribution in [0.1, 0.15) is 23.2 Å². The van der Waals surface area contributed by atoms with E-state index < -0.39 is 35.3 Å². The molecule has 4 rings (SSSR count). The van der Waals surface area contributed by atoms with E-state index in [9.17, 15) is 27.6 Å². The van der Waals surface area contributed by atoms with E-state index in [4.69, 9.17) is 4.74 Å². The number of carbonyl (C=O) groups is 2. The van der Waals surface area contributed by atoms with E-state index in [2.05, 4.69) is 14.8 Å². The van der Waals surface area contributed by atoms with Crippen molar-refractivity contribution in [1.29, 1.82) is 0 Å². The predicted octanol–water partition coefficient (Wildman–Crippen LogP) is 3.78. The third-order valence-electron chi connectivity index (χ3n) is 4.88. The number of thiophene rings is 1. The van der Waals surface area contributed by atoms with Gasteiger partial charge in [0.1, 0.15) is 5.01 Å². The number of halogens is 3. The predicted molar refractivity (Wildman–Crippen MR) is 119 cm³/mol. The minimum atomic E-state index is -4.49. The first-order valence-corrected chi connectivity index (χ1v) is 11.5. The smallest absolute Gasteiger partial charge is 0.416 e. The summed E-state index contributed by atoms with van der Waals surface area (Å²) in [6.07, 6.45) is -5.90. The van der Waals surface area contributed by atoms with Gasteiger partial charge in [0.05, 0.1) is 46.9 Å². The molecule has 0 unspecified atom stereocenters. The molecule has 0 bridgehead atoms. The van der Waals surface area contributed by atoms with E-state index in [1.165, 1.54) is 31.4 Å². The van der Waals surface area contributed by atoms with Crippen molar-refractivity contribution in [2.45, 2.75) is 32.2 Å². The van der Waals surface area contributed by atoms with Crippen molar-refractivity contribution in [3.05, 3.63) is 55.6 Å². The molecule has 0 radical (unpaired) electrons. The molecule has 8 nitrogen and oxygen atoms in total. The van der Waals surface area contributed by atoms with Gasteiger partial charge < -0.3 is 9.47 Å². The largest absolute Gasteiger partial charge is 0.466 e. The number of nitrogens with zero attached hydrogens (tertiary/aromatic N) is 3. The van der Waals surface area contributed by atoms with Gasteiger partial charge in [0, 0.05) is 16.1 Å². The number of esters is 2. The zero-order valence-corrected chi connectivity index (χ0v) is 19.3. The maximum atomic E-state index is 13.0. The Morgan fingerprint density at radius 1 is 1.21 bits per heavy atom. The van der Waals surface area contributed by atoms with Crippen LogP contribution in [0.4, 0.5) is 13.2 Å². The molecule has 0 aliphatic rings. The second kappa shape index (κ2) is 9.14. The number of ether oxygens (including phenoxy) is 2. The van der Waals surface area contributed by atoms with Gasteiger partial charge in [-0.1, -0.05) is 0 Å². The highest BCUT2D eigenvalue weighted by atomic mass is 32.1. The van der Waals surface area contributed by atoms with Gasteiger partial charge >= 0.3 is 18.1 Å². The molecular formula is C21H16F3N3O5S2. The van der Waals surface area contributed by atoms with Crippen molar-refractivity contribution in [2.24, 2.45) is 0 Å². The summed E-state index contributed by atoms with van der Waals surface area (Å²) in [6, 6.07) is 3.27. The number of methoxy groups -OCH3 is 1.